The summed E-state index contributed by atoms with van der Waals surface area (Å²) in [6.45, 7) is 0.760. The summed E-state index contributed by atoms with van der Waals surface area (Å²) < 4.78 is 61.6. The van der Waals surface area contributed by atoms with Crippen molar-refractivity contribution < 1.29 is 22.2 Å². The van der Waals surface area contributed by atoms with E-state index >= 15 is 0 Å². The number of hydrogen-bond donors (Lipinski definition) is 3. The quantitative estimate of drug-likeness (QED) is 0.247. The van der Waals surface area contributed by atoms with Crippen molar-refractivity contribution in [3.05, 3.63) is 108 Å². The van der Waals surface area contributed by atoms with Crippen LogP contribution in [0.5, 0.6) is 0 Å². The maximum absolute atomic E-state index is 13.5. The van der Waals surface area contributed by atoms with E-state index in [4.69, 9.17) is 10.5 Å². The van der Waals surface area contributed by atoms with Gasteiger partial charge in [-0.25, -0.2) is 22.2 Å². The first-order chi connectivity index (χ1) is 16.9. The fourth-order valence-electron chi connectivity index (χ4n) is 3.55. The smallest absolute Gasteiger partial charge is 0.270 e. The number of nitrogen functional groups attached to an aromatic ring is 1. The van der Waals surface area contributed by atoms with Crippen LogP contribution in [-0.4, -0.2) is 10.1 Å². The SMILES string of the molecule is CC(F)(F)c1ccc(S(=N)(=O)c2ccc(C(=O)Nc3cc(-c4ccc(F)cc4)ccc3N)cc2)cc1. The van der Waals surface area contributed by atoms with Gasteiger partial charge in [0.15, 0.2) is 0 Å². The van der Waals surface area contributed by atoms with E-state index in [0.717, 1.165) is 30.2 Å². The number of hydrogen-bond acceptors (Lipinski definition) is 4. The van der Waals surface area contributed by atoms with Crippen LogP contribution in [0.4, 0.5) is 24.5 Å². The third-order valence-corrected chi connectivity index (χ3v) is 7.49. The number of benzene rings is 4. The van der Waals surface area contributed by atoms with Crippen LogP contribution in [0.3, 0.4) is 0 Å². The first-order valence-electron chi connectivity index (χ1n) is 10.8. The molecule has 0 heterocycles. The van der Waals surface area contributed by atoms with Crippen LogP contribution in [0.15, 0.2) is 101 Å². The highest BCUT2D eigenvalue weighted by Crippen LogP contribution is 2.30. The summed E-state index contributed by atoms with van der Waals surface area (Å²) in [5.74, 6) is -3.88. The van der Waals surface area contributed by atoms with Crippen LogP contribution < -0.4 is 11.1 Å². The summed E-state index contributed by atoms with van der Waals surface area (Å²) >= 11 is 0. The molecule has 4 aromatic carbocycles. The third-order valence-electron chi connectivity index (χ3n) is 5.62. The van der Waals surface area contributed by atoms with Gasteiger partial charge in [-0.05, 0) is 71.8 Å². The Hall–Kier alpha value is -4.11. The molecule has 1 unspecified atom stereocenters. The molecule has 0 aromatic heterocycles. The molecule has 1 atom stereocenters. The molecule has 0 spiro atoms. The van der Waals surface area contributed by atoms with Gasteiger partial charge in [-0.15, -0.1) is 0 Å². The van der Waals surface area contributed by atoms with E-state index in [1.165, 1.54) is 48.5 Å². The zero-order chi connectivity index (χ0) is 26.1. The Morgan fingerprint density at radius 2 is 1.39 bits per heavy atom. The molecule has 4 N–H and O–H groups in total. The van der Waals surface area contributed by atoms with Gasteiger partial charge in [0.1, 0.15) is 15.5 Å². The van der Waals surface area contributed by atoms with Crippen molar-refractivity contribution >= 4 is 27.0 Å². The number of nitrogens with one attached hydrogen (secondary N) is 2. The fourth-order valence-corrected chi connectivity index (χ4v) is 4.87. The van der Waals surface area contributed by atoms with E-state index in [9.17, 15) is 22.2 Å². The maximum Gasteiger partial charge on any atom is 0.270 e. The van der Waals surface area contributed by atoms with E-state index < -0.39 is 21.6 Å². The van der Waals surface area contributed by atoms with E-state index in [-0.39, 0.29) is 26.7 Å². The zero-order valence-corrected chi connectivity index (χ0v) is 19.9. The minimum atomic E-state index is -3.47. The predicted molar refractivity (Wildman–Crippen MR) is 134 cm³/mol. The van der Waals surface area contributed by atoms with E-state index in [2.05, 4.69) is 5.32 Å². The monoisotopic (exact) mass is 509 g/mol. The van der Waals surface area contributed by atoms with Gasteiger partial charge in [0.05, 0.1) is 21.2 Å². The number of alkyl halides is 2. The van der Waals surface area contributed by atoms with Crippen LogP contribution in [-0.2, 0) is 15.7 Å². The fraction of sp³-hybridized carbons (Fsp3) is 0.0741. The Kier molecular flexibility index (Phi) is 6.60. The average Bonchev–Trinajstić information content (AvgIpc) is 2.85. The van der Waals surface area contributed by atoms with Crippen molar-refractivity contribution in [2.24, 2.45) is 0 Å². The molecule has 184 valence electrons. The van der Waals surface area contributed by atoms with Crippen LogP contribution in [0, 0.1) is 10.6 Å². The van der Waals surface area contributed by atoms with E-state index in [1.807, 2.05) is 0 Å². The lowest BCUT2D eigenvalue weighted by Crippen LogP contribution is -2.13. The highest BCUT2D eigenvalue weighted by atomic mass is 32.2. The van der Waals surface area contributed by atoms with Crippen molar-refractivity contribution in [2.75, 3.05) is 11.1 Å². The number of halogens is 3. The topological polar surface area (TPSA) is 96.0 Å². The minimum Gasteiger partial charge on any atom is -0.397 e. The molecule has 36 heavy (non-hydrogen) atoms. The molecular weight excluding hydrogens is 487 g/mol. The lowest BCUT2D eigenvalue weighted by molar-refractivity contribution is 0.0174. The predicted octanol–water partition coefficient (Wildman–Crippen LogP) is 6.90. The lowest BCUT2D eigenvalue weighted by atomic mass is 10.0. The summed E-state index contributed by atoms with van der Waals surface area (Å²) in [6.07, 6.45) is 0. The molecule has 9 heteroatoms. The minimum absolute atomic E-state index is 0.0816. The molecule has 0 saturated carbocycles. The maximum atomic E-state index is 13.5. The number of anilines is 2. The molecular formula is C27H22F3N3O2S. The normalized spacial score (nSPS) is 13.1. The Morgan fingerprint density at radius 1 is 0.861 bits per heavy atom. The van der Waals surface area contributed by atoms with Gasteiger partial charge in [0.25, 0.3) is 11.8 Å². The van der Waals surface area contributed by atoms with Crippen LogP contribution in [0.25, 0.3) is 11.1 Å². The molecule has 0 saturated heterocycles. The standard InChI is InChI=1S/C27H22F3N3O2S/c1-27(29,30)20-7-13-23(14-8-20)36(32,35)22-11-4-18(5-12-22)26(34)33-25-16-19(6-15-24(25)31)17-2-9-21(28)10-3-17/h2-16,32H,31H2,1H3,(H,33,34). The number of amides is 1. The highest BCUT2D eigenvalue weighted by molar-refractivity contribution is 7.92. The summed E-state index contributed by atoms with van der Waals surface area (Å²) in [7, 11) is -3.47. The van der Waals surface area contributed by atoms with Crippen LogP contribution >= 0.6 is 0 Å². The molecule has 0 fully saturated rings. The molecule has 4 aromatic rings. The van der Waals surface area contributed by atoms with Gasteiger partial charge in [0.2, 0.25) is 0 Å². The highest BCUT2D eigenvalue weighted by Gasteiger charge is 2.25. The zero-order valence-electron chi connectivity index (χ0n) is 19.1. The first-order valence-corrected chi connectivity index (χ1v) is 12.3. The summed E-state index contributed by atoms with van der Waals surface area (Å²) in [5.41, 5.74) is 8.19. The summed E-state index contributed by atoms with van der Waals surface area (Å²) in [6, 6.07) is 21.4. The summed E-state index contributed by atoms with van der Waals surface area (Å²) in [4.78, 5) is 13.0. The average molecular weight is 510 g/mol. The molecule has 1 amide bonds. The summed E-state index contributed by atoms with van der Waals surface area (Å²) in [5, 5.41) is 2.73. The van der Waals surface area contributed by atoms with Crippen molar-refractivity contribution in [2.45, 2.75) is 22.6 Å². The van der Waals surface area contributed by atoms with Crippen molar-refractivity contribution in [1.82, 2.24) is 0 Å². The first kappa shape index (κ1) is 25.0. The Balaban J connectivity index is 1.53. The molecule has 0 radical (unpaired) electrons. The molecule has 0 aliphatic rings. The second-order valence-corrected chi connectivity index (χ2v) is 10.3. The van der Waals surface area contributed by atoms with Gasteiger partial charge >= 0.3 is 0 Å². The Labute approximate surface area is 206 Å². The van der Waals surface area contributed by atoms with E-state index in [0.29, 0.717) is 11.4 Å². The molecule has 0 aliphatic carbocycles. The van der Waals surface area contributed by atoms with Crippen LogP contribution in [0.1, 0.15) is 22.8 Å². The lowest BCUT2D eigenvalue weighted by Gasteiger charge is -2.13. The van der Waals surface area contributed by atoms with Gasteiger partial charge in [-0.3, -0.25) is 4.79 Å². The number of nitrogens with two attached hydrogens (primary N) is 1. The molecule has 4 rings (SSSR count). The van der Waals surface area contributed by atoms with Gasteiger partial charge in [-0.1, -0.05) is 30.3 Å². The largest absolute Gasteiger partial charge is 0.397 e. The molecule has 5 nitrogen and oxygen atoms in total. The number of rotatable bonds is 6. The second kappa shape index (κ2) is 9.50. The van der Waals surface area contributed by atoms with Crippen molar-refractivity contribution in [3.63, 3.8) is 0 Å². The third kappa shape index (κ3) is 5.26. The van der Waals surface area contributed by atoms with Crippen molar-refractivity contribution in [1.29, 1.82) is 4.78 Å². The van der Waals surface area contributed by atoms with E-state index in [1.54, 1.807) is 30.3 Å². The number of carbonyl (C=O) groups excluding carboxylic acids is 1. The Bertz CT molecular complexity index is 1510. The van der Waals surface area contributed by atoms with Crippen molar-refractivity contribution in [3.8, 4) is 11.1 Å². The molecule has 0 aliphatic heterocycles. The van der Waals surface area contributed by atoms with Crippen LogP contribution in [0.2, 0.25) is 0 Å². The number of carbonyl (C=O) groups is 1. The Morgan fingerprint density at radius 3 is 1.94 bits per heavy atom. The van der Waals surface area contributed by atoms with Gasteiger partial charge < -0.3 is 11.1 Å². The molecule has 0 bridgehead atoms. The second-order valence-electron chi connectivity index (χ2n) is 8.26. The van der Waals surface area contributed by atoms with Gasteiger partial charge in [-0.2, -0.15) is 0 Å². The van der Waals surface area contributed by atoms with Gasteiger partial charge in [0, 0.05) is 18.1 Å².